The van der Waals surface area contributed by atoms with Crippen molar-refractivity contribution in [2.24, 2.45) is 0 Å². The molecule has 9 heteroatoms. The minimum absolute atomic E-state index is 0.562. The van der Waals surface area contributed by atoms with Crippen molar-refractivity contribution in [1.29, 1.82) is 5.41 Å². The minimum atomic E-state index is 0.562. The van der Waals surface area contributed by atoms with Crippen molar-refractivity contribution in [2.45, 2.75) is 19.0 Å². The summed E-state index contributed by atoms with van der Waals surface area (Å²) in [6.07, 6.45) is 2.47. The number of benzene rings is 1. The van der Waals surface area contributed by atoms with Gasteiger partial charge in [-0.05, 0) is 32.1 Å². The van der Waals surface area contributed by atoms with E-state index in [4.69, 9.17) is 25.8 Å². The van der Waals surface area contributed by atoms with Gasteiger partial charge in [0.25, 0.3) is 0 Å². The largest absolute Gasteiger partial charge is 0.398 e. The van der Waals surface area contributed by atoms with Crippen molar-refractivity contribution in [2.75, 3.05) is 57.1 Å². The molecule has 168 valence electrons. The van der Waals surface area contributed by atoms with E-state index in [1.54, 1.807) is 11.3 Å². The van der Waals surface area contributed by atoms with E-state index >= 15 is 0 Å². The van der Waals surface area contributed by atoms with Crippen molar-refractivity contribution in [3.63, 3.8) is 0 Å². The Kier molecular flexibility index (Phi) is 6.05. The van der Waals surface area contributed by atoms with E-state index in [0.717, 1.165) is 54.3 Å². The summed E-state index contributed by atoms with van der Waals surface area (Å²) in [4.78, 5) is 15.9. The van der Waals surface area contributed by atoms with Crippen LogP contribution in [-0.4, -0.2) is 73.6 Å². The van der Waals surface area contributed by atoms with Crippen LogP contribution in [0.1, 0.15) is 16.9 Å². The summed E-state index contributed by atoms with van der Waals surface area (Å²) in [6.45, 7) is 6.04. The fraction of sp³-hybridized carbons (Fsp3) is 0.435. The van der Waals surface area contributed by atoms with Crippen LogP contribution < -0.4 is 16.0 Å². The summed E-state index contributed by atoms with van der Waals surface area (Å²) in [7, 11) is 2.20. The third kappa shape index (κ3) is 4.09. The lowest BCUT2D eigenvalue weighted by molar-refractivity contribution is 0.122. The number of fused-ring (bicyclic) bond motifs is 1. The summed E-state index contributed by atoms with van der Waals surface area (Å²) in [5, 5.41) is 11.3. The van der Waals surface area contributed by atoms with Gasteiger partial charge in [0, 0.05) is 60.1 Å². The van der Waals surface area contributed by atoms with Gasteiger partial charge in [0.05, 0.1) is 23.4 Å². The van der Waals surface area contributed by atoms with Gasteiger partial charge in [0.15, 0.2) is 11.6 Å². The zero-order valence-corrected chi connectivity index (χ0v) is 19.1. The number of rotatable bonds is 6. The van der Waals surface area contributed by atoms with Crippen molar-refractivity contribution in [1.82, 2.24) is 20.2 Å². The summed E-state index contributed by atoms with van der Waals surface area (Å²) in [6, 6.07) is 8.41. The molecular weight excluding hydrogens is 422 g/mol. The van der Waals surface area contributed by atoms with E-state index in [-0.39, 0.29) is 0 Å². The molecule has 4 heterocycles. The molecule has 0 aliphatic carbocycles. The predicted octanol–water partition coefficient (Wildman–Crippen LogP) is 2.57. The van der Waals surface area contributed by atoms with Crippen molar-refractivity contribution in [3.05, 3.63) is 34.7 Å². The van der Waals surface area contributed by atoms with Gasteiger partial charge in [-0.25, -0.2) is 9.97 Å². The lowest BCUT2D eigenvalue weighted by atomic mass is 10.1. The maximum absolute atomic E-state index is 7.85. The fourth-order valence-corrected chi connectivity index (χ4v) is 5.66. The highest BCUT2D eigenvalue weighted by atomic mass is 32.1. The van der Waals surface area contributed by atoms with Gasteiger partial charge in [-0.15, -0.1) is 11.3 Å². The van der Waals surface area contributed by atoms with Crippen LogP contribution >= 0.6 is 11.3 Å². The third-order valence-corrected chi connectivity index (χ3v) is 7.41. The Bertz CT molecular complexity index is 1120. The number of likely N-dealkylation sites (N-methyl/N-ethyl adjacent to an activating group) is 1. The molecule has 2 aliphatic rings. The molecule has 1 unspecified atom stereocenters. The zero-order valence-electron chi connectivity index (χ0n) is 18.3. The molecule has 2 aliphatic heterocycles. The summed E-state index contributed by atoms with van der Waals surface area (Å²) in [5.74, 6) is 1.57. The fourth-order valence-electron chi connectivity index (χ4n) is 4.48. The van der Waals surface area contributed by atoms with E-state index in [1.165, 1.54) is 17.5 Å². The Labute approximate surface area is 191 Å². The van der Waals surface area contributed by atoms with E-state index in [9.17, 15) is 0 Å². The quantitative estimate of drug-likeness (QED) is 0.391. The third-order valence-electron chi connectivity index (χ3n) is 6.30. The second kappa shape index (κ2) is 9.11. The van der Waals surface area contributed by atoms with Crippen LogP contribution in [0.2, 0.25) is 0 Å². The number of ether oxygens (including phenoxy) is 1. The SMILES string of the molecule is CN(Cc1cc2nc(-c3cccc(N)c3C=N)nc(N3CCOCC3)c2s1)C1CCNC1. The number of nitrogens with one attached hydrogen (secondary N) is 2. The Morgan fingerprint density at radius 1 is 1.34 bits per heavy atom. The van der Waals surface area contributed by atoms with Gasteiger partial charge in [0.1, 0.15) is 0 Å². The lowest BCUT2D eigenvalue weighted by Gasteiger charge is -2.28. The Morgan fingerprint density at radius 2 is 2.19 bits per heavy atom. The number of nitrogens with two attached hydrogens (primary N) is 1. The number of morpholine rings is 1. The molecular formula is C23H29N7OS. The van der Waals surface area contributed by atoms with Crippen molar-refractivity contribution in [3.8, 4) is 11.4 Å². The number of hydrogen-bond donors (Lipinski definition) is 3. The molecule has 0 spiro atoms. The first-order chi connectivity index (χ1) is 15.6. The number of nitrogen functional groups attached to an aromatic ring is 1. The second-order valence-electron chi connectivity index (χ2n) is 8.41. The minimum Gasteiger partial charge on any atom is -0.398 e. The number of anilines is 2. The van der Waals surface area contributed by atoms with Gasteiger partial charge in [0.2, 0.25) is 0 Å². The Morgan fingerprint density at radius 3 is 2.94 bits per heavy atom. The van der Waals surface area contributed by atoms with Crippen LogP contribution in [0.3, 0.4) is 0 Å². The normalized spacial score (nSPS) is 19.2. The molecule has 5 rings (SSSR count). The van der Waals surface area contributed by atoms with Gasteiger partial charge < -0.3 is 26.1 Å². The van der Waals surface area contributed by atoms with Gasteiger partial charge in [-0.3, -0.25) is 4.90 Å². The molecule has 2 fully saturated rings. The first-order valence-corrected chi connectivity index (χ1v) is 11.9. The Hall–Kier alpha value is -2.59. The molecule has 0 saturated carbocycles. The standard InChI is InChI=1S/C23H29N7OS/c1-29(15-5-6-26-13-15)14-16-11-20-21(32-16)23(30-7-9-31-10-8-30)28-22(27-20)17-3-2-4-19(25)18(17)12-24/h2-4,11-12,15,24,26H,5-10,13-14,25H2,1H3. The smallest absolute Gasteiger partial charge is 0.162 e. The van der Waals surface area contributed by atoms with Crippen molar-refractivity contribution < 1.29 is 4.74 Å². The number of hydrogen-bond acceptors (Lipinski definition) is 9. The summed E-state index contributed by atoms with van der Waals surface area (Å²) >= 11 is 1.78. The maximum Gasteiger partial charge on any atom is 0.162 e. The average Bonchev–Trinajstić information content (AvgIpc) is 3.48. The van der Waals surface area contributed by atoms with Crippen LogP contribution in [0.5, 0.6) is 0 Å². The molecule has 1 aromatic carbocycles. The monoisotopic (exact) mass is 451 g/mol. The summed E-state index contributed by atoms with van der Waals surface area (Å²) in [5.41, 5.74) is 9.10. The molecule has 1 atom stereocenters. The van der Waals surface area contributed by atoms with Gasteiger partial charge >= 0.3 is 0 Å². The molecule has 4 N–H and O–H groups in total. The average molecular weight is 452 g/mol. The van der Waals surface area contributed by atoms with Crippen LogP contribution in [0.25, 0.3) is 21.6 Å². The topological polar surface area (TPSA) is 103 Å². The van der Waals surface area contributed by atoms with Gasteiger partial charge in [-0.1, -0.05) is 12.1 Å². The number of thiophene rings is 1. The molecule has 0 amide bonds. The first kappa shape index (κ1) is 21.3. The highest BCUT2D eigenvalue weighted by Crippen LogP contribution is 2.36. The molecule has 3 aromatic rings. The predicted molar refractivity (Wildman–Crippen MR) is 131 cm³/mol. The number of nitrogens with zero attached hydrogens (tertiary/aromatic N) is 4. The van der Waals surface area contributed by atoms with E-state index < -0.39 is 0 Å². The van der Waals surface area contributed by atoms with Crippen LogP contribution in [0.15, 0.2) is 24.3 Å². The van der Waals surface area contributed by atoms with E-state index in [1.807, 2.05) is 18.2 Å². The molecule has 8 nitrogen and oxygen atoms in total. The molecule has 2 aromatic heterocycles. The van der Waals surface area contributed by atoms with E-state index in [0.29, 0.717) is 36.3 Å². The highest BCUT2D eigenvalue weighted by molar-refractivity contribution is 7.19. The van der Waals surface area contributed by atoms with Crippen molar-refractivity contribution >= 4 is 39.3 Å². The Balaban J connectivity index is 1.58. The van der Waals surface area contributed by atoms with Crippen LogP contribution in [-0.2, 0) is 11.3 Å². The van der Waals surface area contributed by atoms with Gasteiger partial charge in [-0.2, -0.15) is 0 Å². The molecule has 0 bridgehead atoms. The van der Waals surface area contributed by atoms with E-state index in [2.05, 4.69) is 28.2 Å². The lowest BCUT2D eigenvalue weighted by Crippen LogP contribution is -2.36. The first-order valence-electron chi connectivity index (χ1n) is 11.1. The van der Waals surface area contributed by atoms with Crippen LogP contribution in [0.4, 0.5) is 11.5 Å². The zero-order chi connectivity index (χ0) is 22.1. The number of aromatic nitrogens is 2. The summed E-state index contributed by atoms with van der Waals surface area (Å²) < 4.78 is 6.69. The highest BCUT2D eigenvalue weighted by Gasteiger charge is 2.23. The molecule has 0 radical (unpaired) electrons. The second-order valence-corrected chi connectivity index (χ2v) is 9.55. The maximum atomic E-state index is 7.85. The van der Waals surface area contributed by atoms with Crippen LogP contribution in [0, 0.1) is 5.41 Å². The molecule has 2 saturated heterocycles. The molecule has 32 heavy (non-hydrogen) atoms.